The van der Waals surface area contributed by atoms with Gasteiger partial charge in [-0.3, -0.25) is 9.59 Å². The van der Waals surface area contributed by atoms with Crippen LogP contribution in [0.2, 0.25) is 0 Å². The fraction of sp³-hybridized carbons (Fsp3) is 0.167. The van der Waals surface area contributed by atoms with Crippen molar-refractivity contribution < 1.29 is 14.3 Å². The third-order valence-corrected chi connectivity index (χ3v) is 4.55. The highest BCUT2D eigenvalue weighted by molar-refractivity contribution is 6.34. The Balaban J connectivity index is 1.71. The number of benzene rings is 3. The molecule has 0 aromatic heterocycles. The second-order valence-electron chi connectivity index (χ2n) is 6.63. The van der Waals surface area contributed by atoms with E-state index in [0.717, 1.165) is 16.7 Å². The van der Waals surface area contributed by atoms with Gasteiger partial charge in [-0.25, -0.2) is 0 Å². The van der Waals surface area contributed by atoms with Crippen molar-refractivity contribution >= 4 is 11.8 Å². The van der Waals surface area contributed by atoms with Crippen LogP contribution in [0.1, 0.15) is 16.7 Å². The molecule has 0 saturated heterocycles. The summed E-state index contributed by atoms with van der Waals surface area (Å²) in [4.78, 5) is 27.1. The van der Waals surface area contributed by atoms with Crippen molar-refractivity contribution in [3.8, 4) is 5.75 Å². The number of amides is 2. The van der Waals surface area contributed by atoms with Crippen LogP contribution < -0.4 is 10.1 Å². The number of hydrogen-bond donors (Lipinski definition) is 1. The van der Waals surface area contributed by atoms with Gasteiger partial charge in [0.05, 0.1) is 7.11 Å². The van der Waals surface area contributed by atoms with Crippen LogP contribution in [0.4, 0.5) is 0 Å². The Hall–Kier alpha value is -3.60. The fourth-order valence-electron chi connectivity index (χ4n) is 3.05. The Morgan fingerprint density at radius 1 is 0.793 bits per heavy atom. The highest BCUT2D eigenvalue weighted by Crippen LogP contribution is 2.17. The lowest BCUT2D eigenvalue weighted by Gasteiger charge is -2.22. The number of methoxy groups -OCH3 is 1. The quantitative estimate of drug-likeness (QED) is 0.630. The van der Waals surface area contributed by atoms with Crippen LogP contribution >= 0.6 is 0 Å². The summed E-state index contributed by atoms with van der Waals surface area (Å²) in [6.45, 7) is 0.937. The van der Waals surface area contributed by atoms with Crippen molar-refractivity contribution in [3.63, 3.8) is 0 Å². The van der Waals surface area contributed by atoms with Crippen molar-refractivity contribution in [2.24, 2.45) is 0 Å². The molecular weight excluding hydrogens is 364 g/mol. The molecule has 0 unspecified atom stereocenters. The van der Waals surface area contributed by atoms with Crippen LogP contribution in [0, 0.1) is 0 Å². The summed E-state index contributed by atoms with van der Waals surface area (Å²) in [6.07, 6.45) is 0. The largest absolute Gasteiger partial charge is 0.496 e. The van der Waals surface area contributed by atoms with E-state index >= 15 is 0 Å². The number of nitrogens with one attached hydrogen (secondary N) is 1. The first-order valence-corrected chi connectivity index (χ1v) is 9.44. The Morgan fingerprint density at radius 3 is 1.86 bits per heavy atom. The number of hydrogen-bond acceptors (Lipinski definition) is 3. The lowest BCUT2D eigenvalue weighted by atomic mass is 10.1. The van der Waals surface area contributed by atoms with Crippen LogP contribution in [0.5, 0.6) is 5.75 Å². The van der Waals surface area contributed by atoms with Crippen LogP contribution in [0.25, 0.3) is 0 Å². The first kappa shape index (κ1) is 20.1. The molecule has 29 heavy (non-hydrogen) atoms. The van der Waals surface area contributed by atoms with Crippen molar-refractivity contribution in [3.05, 3.63) is 102 Å². The Morgan fingerprint density at radius 2 is 1.31 bits per heavy atom. The maximum absolute atomic E-state index is 12.9. The molecule has 0 aliphatic rings. The summed E-state index contributed by atoms with van der Waals surface area (Å²) in [5, 5.41) is 2.72. The van der Waals surface area contributed by atoms with E-state index in [0.29, 0.717) is 18.8 Å². The molecule has 5 nitrogen and oxygen atoms in total. The molecular formula is C24H24N2O3. The zero-order valence-corrected chi connectivity index (χ0v) is 16.4. The minimum atomic E-state index is -0.636. The summed E-state index contributed by atoms with van der Waals surface area (Å²) >= 11 is 0. The fourth-order valence-corrected chi connectivity index (χ4v) is 3.05. The molecule has 0 aliphatic heterocycles. The van der Waals surface area contributed by atoms with Crippen molar-refractivity contribution in [2.45, 2.75) is 19.6 Å². The maximum Gasteiger partial charge on any atom is 0.312 e. The molecule has 3 aromatic rings. The molecule has 0 spiro atoms. The molecule has 1 N–H and O–H groups in total. The Kier molecular flexibility index (Phi) is 7.00. The minimum Gasteiger partial charge on any atom is -0.496 e. The summed E-state index contributed by atoms with van der Waals surface area (Å²) < 4.78 is 5.30. The SMILES string of the molecule is COc1ccccc1CNC(=O)C(=O)N(Cc1ccccc1)Cc1ccccc1. The molecule has 5 heteroatoms. The first-order chi connectivity index (χ1) is 14.2. The highest BCUT2D eigenvalue weighted by atomic mass is 16.5. The molecule has 0 saturated carbocycles. The lowest BCUT2D eigenvalue weighted by molar-refractivity contribution is -0.146. The predicted octanol–water partition coefficient (Wildman–Crippen LogP) is 3.54. The van der Waals surface area contributed by atoms with E-state index < -0.39 is 11.8 Å². The van der Waals surface area contributed by atoms with Gasteiger partial charge in [-0.2, -0.15) is 0 Å². The topological polar surface area (TPSA) is 58.6 Å². The molecule has 2 amide bonds. The van der Waals surface area contributed by atoms with E-state index in [9.17, 15) is 9.59 Å². The monoisotopic (exact) mass is 388 g/mol. The van der Waals surface area contributed by atoms with Gasteiger partial charge >= 0.3 is 11.8 Å². The van der Waals surface area contributed by atoms with E-state index in [-0.39, 0.29) is 6.54 Å². The summed E-state index contributed by atoms with van der Waals surface area (Å²) in [7, 11) is 1.58. The number of ether oxygens (including phenoxy) is 1. The van der Waals surface area contributed by atoms with Gasteiger partial charge in [-0.05, 0) is 17.2 Å². The van der Waals surface area contributed by atoms with E-state index in [2.05, 4.69) is 5.32 Å². The van der Waals surface area contributed by atoms with Gasteiger partial charge in [0.15, 0.2) is 0 Å². The van der Waals surface area contributed by atoms with E-state index in [1.54, 1.807) is 12.0 Å². The van der Waals surface area contributed by atoms with Crippen LogP contribution in [-0.2, 0) is 29.2 Å². The minimum absolute atomic E-state index is 0.221. The molecule has 148 valence electrons. The average Bonchev–Trinajstić information content (AvgIpc) is 2.78. The number of nitrogens with zero attached hydrogens (tertiary/aromatic N) is 1. The molecule has 0 fully saturated rings. The second-order valence-corrected chi connectivity index (χ2v) is 6.63. The van der Waals surface area contributed by atoms with E-state index in [1.165, 1.54) is 0 Å². The number of carbonyl (C=O) groups is 2. The summed E-state index contributed by atoms with van der Waals surface area (Å²) in [5.41, 5.74) is 2.75. The molecule has 0 aliphatic carbocycles. The standard InChI is InChI=1S/C24H24N2O3/c1-29-22-15-9-8-14-21(22)16-25-23(27)24(28)26(17-19-10-4-2-5-11-19)18-20-12-6-3-7-13-20/h2-15H,16-18H2,1H3,(H,25,27). The first-order valence-electron chi connectivity index (χ1n) is 9.44. The predicted molar refractivity (Wildman–Crippen MR) is 112 cm³/mol. The zero-order valence-electron chi connectivity index (χ0n) is 16.4. The lowest BCUT2D eigenvalue weighted by Crippen LogP contribution is -2.42. The Labute approximate surface area is 170 Å². The van der Waals surface area contributed by atoms with Gasteiger partial charge in [-0.15, -0.1) is 0 Å². The normalized spacial score (nSPS) is 10.2. The van der Waals surface area contributed by atoms with Crippen LogP contribution in [0.3, 0.4) is 0 Å². The van der Waals surface area contributed by atoms with Crippen LogP contribution in [0.15, 0.2) is 84.9 Å². The zero-order chi connectivity index (χ0) is 20.5. The second kappa shape index (κ2) is 10.1. The average molecular weight is 388 g/mol. The smallest absolute Gasteiger partial charge is 0.312 e. The van der Waals surface area contributed by atoms with E-state index in [4.69, 9.17) is 4.74 Å². The van der Waals surface area contributed by atoms with Crippen molar-refractivity contribution in [1.82, 2.24) is 10.2 Å². The highest BCUT2D eigenvalue weighted by Gasteiger charge is 2.22. The van der Waals surface area contributed by atoms with Crippen molar-refractivity contribution in [1.29, 1.82) is 0 Å². The molecule has 3 aromatic carbocycles. The molecule has 3 rings (SSSR count). The summed E-state index contributed by atoms with van der Waals surface area (Å²) in [6, 6.07) is 26.7. The number of carbonyl (C=O) groups excluding carboxylic acids is 2. The van der Waals surface area contributed by atoms with Gasteiger partial charge in [0.2, 0.25) is 0 Å². The molecule has 0 heterocycles. The van der Waals surface area contributed by atoms with Crippen molar-refractivity contribution in [2.75, 3.05) is 7.11 Å². The third-order valence-electron chi connectivity index (χ3n) is 4.55. The maximum atomic E-state index is 12.9. The van der Waals surface area contributed by atoms with Crippen LogP contribution in [-0.4, -0.2) is 23.8 Å². The van der Waals surface area contributed by atoms with Gasteiger partial charge < -0.3 is 15.0 Å². The van der Waals surface area contributed by atoms with Gasteiger partial charge in [-0.1, -0.05) is 78.9 Å². The molecule has 0 radical (unpaired) electrons. The van der Waals surface area contributed by atoms with Gasteiger partial charge in [0.25, 0.3) is 0 Å². The number of rotatable bonds is 7. The van der Waals surface area contributed by atoms with Gasteiger partial charge in [0, 0.05) is 25.2 Å². The molecule has 0 bridgehead atoms. The van der Waals surface area contributed by atoms with Gasteiger partial charge in [0.1, 0.15) is 5.75 Å². The molecule has 0 atom stereocenters. The van der Waals surface area contributed by atoms with E-state index in [1.807, 2.05) is 84.9 Å². The Bertz CT molecular complexity index is 901. The third kappa shape index (κ3) is 5.69. The summed E-state index contributed by atoms with van der Waals surface area (Å²) in [5.74, 6) is -0.527. The number of para-hydroxylation sites is 1.